The van der Waals surface area contributed by atoms with Crippen molar-refractivity contribution in [3.63, 3.8) is 0 Å². The summed E-state index contributed by atoms with van der Waals surface area (Å²) in [7, 11) is 0. The summed E-state index contributed by atoms with van der Waals surface area (Å²) in [5.41, 5.74) is -0.297. The molecule has 2 unspecified atom stereocenters. The van der Waals surface area contributed by atoms with Gasteiger partial charge in [0.25, 0.3) is 0 Å². The van der Waals surface area contributed by atoms with Gasteiger partial charge in [-0.15, -0.1) is 0 Å². The number of nitrogens with one attached hydrogen (secondary N) is 1. The minimum atomic E-state index is -1.21. The smallest absolute Gasteiger partial charge is 0.131 e. The van der Waals surface area contributed by atoms with E-state index in [4.69, 9.17) is 4.74 Å². The third-order valence-electron chi connectivity index (χ3n) is 2.55. The van der Waals surface area contributed by atoms with Crippen LogP contribution in [-0.4, -0.2) is 30.9 Å². The first-order valence-electron chi connectivity index (χ1n) is 6.00. The number of benzene rings is 1. The molecule has 0 aliphatic heterocycles. The van der Waals surface area contributed by atoms with Crippen molar-refractivity contribution >= 4 is 0 Å². The maximum absolute atomic E-state index is 13.4. The van der Waals surface area contributed by atoms with Crippen LogP contribution in [0, 0.1) is 11.6 Å². The highest BCUT2D eigenvalue weighted by atomic mass is 19.1. The molecule has 102 valence electrons. The van der Waals surface area contributed by atoms with E-state index in [0.29, 0.717) is 13.2 Å². The van der Waals surface area contributed by atoms with Gasteiger partial charge in [-0.1, -0.05) is 6.07 Å². The van der Waals surface area contributed by atoms with E-state index in [0.717, 1.165) is 12.1 Å². The molecule has 0 radical (unpaired) electrons. The minimum Gasteiger partial charge on any atom is -0.387 e. The van der Waals surface area contributed by atoms with Crippen LogP contribution in [0.3, 0.4) is 0 Å². The Morgan fingerprint density at radius 1 is 1.28 bits per heavy atom. The van der Waals surface area contributed by atoms with Crippen LogP contribution in [0.1, 0.15) is 25.5 Å². The Hall–Kier alpha value is -1.04. The van der Waals surface area contributed by atoms with Crippen molar-refractivity contribution in [3.05, 3.63) is 35.4 Å². The van der Waals surface area contributed by atoms with Crippen LogP contribution in [0.4, 0.5) is 8.78 Å². The molecule has 0 heterocycles. The molecular weight excluding hydrogens is 240 g/mol. The van der Waals surface area contributed by atoms with Gasteiger partial charge in [0.2, 0.25) is 0 Å². The van der Waals surface area contributed by atoms with Gasteiger partial charge < -0.3 is 15.2 Å². The van der Waals surface area contributed by atoms with Gasteiger partial charge in [0.1, 0.15) is 11.6 Å². The van der Waals surface area contributed by atoms with Gasteiger partial charge >= 0.3 is 0 Å². The van der Waals surface area contributed by atoms with E-state index >= 15 is 0 Å². The lowest BCUT2D eigenvalue weighted by Gasteiger charge is -2.16. The van der Waals surface area contributed by atoms with Gasteiger partial charge in [-0.05, 0) is 26.0 Å². The van der Waals surface area contributed by atoms with Crippen molar-refractivity contribution in [2.75, 3.05) is 19.7 Å². The number of ether oxygens (including phenoxy) is 1. The van der Waals surface area contributed by atoms with Crippen LogP contribution < -0.4 is 5.32 Å². The van der Waals surface area contributed by atoms with Gasteiger partial charge in [0.05, 0.1) is 17.8 Å². The Kier molecular flexibility index (Phi) is 6.18. The molecule has 18 heavy (non-hydrogen) atoms. The molecule has 0 amide bonds. The quantitative estimate of drug-likeness (QED) is 0.787. The zero-order valence-electron chi connectivity index (χ0n) is 10.6. The van der Waals surface area contributed by atoms with E-state index in [-0.39, 0.29) is 18.2 Å². The third-order valence-corrected chi connectivity index (χ3v) is 2.55. The largest absolute Gasteiger partial charge is 0.387 e. The maximum atomic E-state index is 13.4. The molecule has 0 aromatic heterocycles. The average molecular weight is 259 g/mol. The first kappa shape index (κ1) is 15.0. The topological polar surface area (TPSA) is 41.5 Å². The van der Waals surface area contributed by atoms with Crippen molar-refractivity contribution in [2.24, 2.45) is 0 Å². The molecule has 0 aliphatic carbocycles. The number of aliphatic hydroxyl groups is 1. The normalized spacial score (nSPS) is 14.5. The monoisotopic (exact) mass is 259 g/mol. The SMILES string of the molecule is CCOC(C)CNCC(O)c1c(F)cccc1F. The van der Waals surface area contributed by atoms with E-state index in [1.165, 1.54) is 6.07 Å². The summed E-state index contributed by atoms with van der Waals surface area (Å²) in [6.45, 7) is 4.97. The van der Waals surface area contributed by atoms with Crippen molar-refractivity contribution in [1.82, 2.24) is 5.32 Å². The second-order valence-corrected chi connectivity index (χ2v) is 4.08. The minimum absolute atomic E-state index is 0.00679. The molecule has 1 aromatic carbocycles. The standard InChI is InChI=1S/C13H19F2NO2/c1-3-18-9(2)7-16-8-12(17)13-10(14)5-4-6-11(13)15/h4-6,9,12,16-17H,3,7-8H2,1-2H3. The van der Waals surface area contributed by atoms with Crippen LogP contribution in [0.15, 0.2) is 18.2 Å². The van der Waals surface area contributed by atoms with Crippen LogP contribution in [-0.2, 0) is 4.74 Å². The number of hydrogen-bond acceptors (Lipinski definition) is 3. The molecule has 2 atom stereocenters. The predicted octanol–water partition coefficient (Wildman–Crippen LogP) is 2.01. The number of aliphatic hydroxyl groups excluding tert-OH is 1. The van der Waals surface area contributed by atoms with E-state index in [1.54, 1.807) is 0 Å². The lowest BCUT2D eigenvalue weighted by Crippen LogP contribution is -2.30. The van der Waals surface area contributed by atoms with Crippen molar-refractivity contribution in [2.45, 2.75) is 26.1 Å². The van der Waals surface area contributed by atoms with Crippen LogP contribution in [0.25, 0.3) is 0 Å². The van der Waals surface area contributed by atoms with E-state index < -0.39 is 17.7 Å². The molecule has 1 rings (SSSR count). The Balaban J connectivity index is 2.48. The van der Waals surface area contributed by atoms with Gasteiger partial charge in [-0.2, -0.15) is 0 Å². The summed E-state index contributed by atoms with van der Waals surface area (Å²) in [6.07, 6.45) is -1.22. The molecule has 0 saturated heterocycles. The predicted molar refractivity (Wildman–Crippen MR) is 65.3 cm³/mol. The Morgan fingerprint density at radius 2 is 1.89 bits per heavy atom. The first-order chi connectivity index (χ1) is 8.56. The molecule has 1 aromatic rings. The maximum Gasteiger partial charge on any atom is 0.131 e. The molecular formula is C13H19F2NO2. The Labute approximate surface area is 106 Å². The summed E-state index contributed by atoms with van der Waals surface area (Å²) in [5.74, 6) is -1.47. The van der Waals surface area contributed by atoms with Gasteiger partial charge in [-0.3, -0.25) is 0 Å². The highest BCUT2D eigenvalue weighted by Gasteiger charge is 2.17. The van der Waals surface area contributed by atoms with Crippen molar-refractivity contribution < 1.29 is 18.6 Å². The number of hydrogen-bond donors (Lipinski definition) is 2. The zero-order chi connectivity index (χ0) is 13.5. The lowest BCUT2D eigenvalue weighted by molar-refractivity contribution is 0.0720. The fourth-order valence-electron chi connectivity index (χ4n) is 1.70. The summed E-state index contributed by atoms with van der Waals surface area (Å²) >= 11 is 0. The summed E-state index contributed by atoms with van der Waals surface area (Å²) < 4.78 is 32.0. The molecule has 3 nitrogen and oxygen atoms in total. The molecule has 0 bridgehead atoms. The van der Waals surface area contributed by atoms with Gasteiger partial charge in [0.15, 0.2) is 0 Å². The molecule has 5 heteroatoms. The lowest BCUT2D eigenvalue weighted by atomic mass is 10.1. The molecule has 0 spiro atoms. The van der Waals surface area contributed by atoms with E-state index in [9.17, 15) is 13.9 Å². The fraction of sp³-hybridized carbons (Fsp3) is 0.538. The molecule has 0 fully saturated rings. The van der Waals surface area contributed by atoms with Gasteiger partial charge in [0, 0.05) is 19.7 Å². The van der Waals surface area contributed by atoms with Crippen LogP contribution >= 0.6 is 0 Å². The Morgan fingerprint density at radius 3 is 2.44 bits per heavy atom. The Bertz CT molecular complexity index is 354. The first-order valence-corrected chi connectivity index (χ1v) is 6.00. The summed E-state index contributed by atoms with van der Waals surface area (Å²) in [6, 6.07) is 3.53. The second kappa shape index (κ2) is 7.41. The number of rotatable bonds is 7. The second-order valence-electron chi connectivity index (χ2n) is 4.08. The highest BCUT2D eigenvalue weighted by Crippen LogP contribution is 2.19. The van der Waals surface area contributed by atoms with E-state index in [2.05, 4.69) is 5.32 Å². The molecule has 0 aliphatic rings. The molecule has 2 N–H and O–H groups in total. The molecule has 0 saturated carbocycles. The van der Waals surface area contributed by atoms with Crippen LogP contribution in [0.2, 0.25) is 0 Å². The van der Waals surface area contributed by atoms with Crippen molar-refractivity contribution in [1.29, 1.82) is 0 Å². The fourth-order valence-corrected chi connectivity index (χ4v) is 1.70. The zero-order valence-corrected chi connectivity index (χ0v) is 10.6. The van der Waals surface area contributed by atoms with E-state index in [1.807, 2.05) is 13.8 Å². The summed E-state index contributed by atoms with van der Waals surface area (Å²) in [4.78, 5) is 0. The van der Waals surface area contributed by atoms with Crippen molar-refractivity contribution in [3.8, 4) is 0 Å². The third kappa shape index (κ3) is 4.33. The van der Waals surface area contributed by atoms with Gasteiger partial charge in [-0.25, -0.2) is 8.78 Å². The highest BCUT2D eigenvalue weighted by molar-refractivity contribution is 5.22. The number of halogens is 2. The average Bonchev–Trinajstić information content (AvgIpc) is 2.29. The summed E-state index contributed by atoms with van der Waals surface area (Å²) in [5, 5.41) is 12.7. The van der Waals surface area contributed by atoms with Crippen LogP contribution in [0.5, 0.6) is 0 Å².